The Morgan fingerprint density at radius 3 is 2.43 bits per heavy atom. The van der Waals surface area contributed by atoms with Crippen LogP contribution in [0.25, 0.3) is 11.4 Å². The summed E-state index contributed by atoms with van der Waals surface area (Å²) in [4.78, 5) is 30.4. The number of carbonyl (C=O) groups excluding carboxylic acids is 1. The van der Waals surface area contributed by atoms with Gasteiger partial charge in [0.1, 0.15) is 23.7 Å². The molecule has 0 unspecified atom stereocenters. The van der Waals surface area contributed by atoms with Crippen molar-refractivity contribution in [3.63, 3.8) is 0 Å². The van der Waals surface area contributed by atoms with Gasteiger partial charge in [0.2, 0.25) is 0 Å². The summed E-state index contributed by atoms with van der Waals surface area (Å²) in [6.07, 6.45) is 8.84. The van der Waals surface area contributed by atoms with E-state index in [2.05, 4.69) is 15.3 Å². The summed E-state index contributed by atoms with van der Waals surface area (Å²) in [7, 11) is 3.61. The van der Waals surface area contributed by atoms with Crippen molar-refractivity contribution in [1.29, 1.82) is 0 Å². The molecule has 5 rings (SSSR count). The fourth-order valence-electron chi connectivity index (χ4n) is 5.24. The van der Waals surface area contributed by atoms with Gasteiger partial charge in [-0.15, -0.1) is 5.10 Å². The largest absolute Gasteiger partial charge is 0.489 e. The van der Waals surface area contributed by atoms with Gasteiger partial charge in [-0.25, -0.2) is 9.48 Å². The van der Waals surface area contributed by atoms with Gasteiger partial charge in [0, 0.05) is 20.1 Å². The second-order valence-corrected chi connectivity index (χ2v) is 10.2. The van der Waals surface area contributed by atoms with Crippen molar-refractivity contribution in [3.05, 3.63) is 24.0 Å². The minimum atomic E-state index is -0.760. The lowest BCUT2D eigenvalue weighted by Crippen LogP contribution is -2.40. The summed E-state index contributed by atoms with van der Waals surface area (Å²) in [5, 5.41) is 17.6. The molecular formula is C25H37N5O5S2. The summed E-state index contributed by atoms with van der Waals surface area (Å²) in [6.45, 7) is 0.0582. The van der Waals surface area contributed by atoms with Crippen molar-refractivity contribution < 1.29 is 24.2 Å². The zero-order valence-electron chi connectivity index (χ0n) is 21.3. The minimum Gasteiger partial charge on any atom is -0.489 e. The quantitative estimate of drug-likeness (QED) is 0.499. The highest BCUT2D eigenvalue weighted by Gasteiger charge is 2.45. The smallest absolute Gasteiger partial charge is 0.410 e. The molecule has 2 aromatic rings. The number of ether oxygens (including phenoxy) is 2. The SMILES string of the molecule is CN(C(=O)OCc1c(-c2ccc(O[C@H]3CCC[C@H](C(=O)O)C3)cn2)nnn1C)C(C1CC1)C1CC1.S.S. The molecule has 3 saturated carbocycles. The van der Waals surface area contributed by atoms with Crippen molar-refractivity contribution in [3.8, 4) is 17.1 Å². The predicted molar refractivity (Wildman–Crippen MR) is 146 cm³/mol. The van der Waals surface area contributed by atoms with Gasteiger partial charge in [-0.05, 0) is 75.3 Å². The molecule has 2 atom stereocenters. The van der Waals surface area contributed by atoms with Crippen LogP contribution < -0.4 is 4.74 Å². The van der Waals surface area contributed by atoms with Crippen LogP contribution in [-0.4, -0.2) is 61.2 Å². The first-order valence-electron chi connectivity index (χ1n) is 12.5. The lowest BCUT2D eigenvalue weighted by molar-refractivity contribution is -0.143. The fourth-order valence-corrected chi connectivity index (χ4v) is 5.24. The molecule has 3 aliphatic rings. The Morgan fingerprint density at radius 1 is 1.14 bits per heavy atom. The van der Waals surface area contributed by atoms with E-state index in [0.717, 1.165) is 12.8 Å². The fraction of sp³-hybridized carbons (Fsp3) is 0.640. The zero-order valence-corrected chi connectivity index (χ0v) is 23.3. The van der Waals surface area contributed by atoms with Gasteiger partial charge < -0.3 is 19.5 Å². The first kappa shape index (κ1) is 29.1. The number of amides is 1. The van der Waals surface area contributed by atoms with E-state index < -0.39 is 5.97 Å². The van der Waals surface area contributed by atoms with Gasteiger partial charge in [-0.2, -0.15) is 27.0 Å². The zero-order chi connectivity index (χ0) is 24.5. The van der Waals surface area contributed by atoms with E-state index in [9.17, 15) is 14.7 Å². The maximum absolute atomic E-state index is 12.8. The number of pyridine rings is 1. The van der Waals surface area contributed by atoms with Gasteiger partial charge in [0.05, 0.1) is 23.9 Å². The number of hydrogen-bond donors (Lipinski definition) is 1. The van der Waals surface area contributed by atoms with Crippen LogP contribution in [-0.2, 0) is 23.2 Å². The molecule has 3 aliphatic carbocycles. The molecular weight excluding hydrogens is 514 g/mol. The average Bonchev–Trinajstić information content (AvgIpc) is 3.79. The Balaban J connectivity index is 0.00000190. The Hall–Kier alpha value is -2.47. The summed E-state index contributed by atoms with van der Waals surface area (Å²) in [5.74, 6) is 0.706. The van der Waals surface area contributed by atoms with Crippen LogP contribution in [0.1, 0.15) is 57.1 Å². The van der Waals surface area contributed by atoms with Gasteiger partial charge in [0.15, 0.2) is 0 Å². The topological polar surface area (TPSA) is 120 Å². The number of aliphatic carboxylic acids is 1. The molecule has 0 bridgehead atoms. The van der Waals surface area contributed by atoms with Crippen LogP contribution in [0, 0.1) is 17.8 Å². The Labute approximate surface area is 231 Å². The second-order valence-electron chi connectivity index (χ2n) is 10.2. The molecule has 37 heavy (non-hydrogen) atoms. The molecule has 1 amide bonds. The molecule has 10 nitrogen and oxygen atoms in total. The summed E-state index contributed by atoms with van der Waals surface area (Å²) >= 11 is 0. The molecule has 1 N–H and O–H groups in total. The van der Waals surface area contributed by atoms with E-state index in [0.29, 0.717) is 47.5 Å². The van der Waals surface area contributed by atoms with Gasteiger partial charge in [-0.3, -0.25) is 9.78 Å². The maximum atomic E-state index is 12.8. The number of aryl methyl sites for hydroxylation is 1. The van der Waals surface area contributed by atoms with Crippen molar-refractivity contribution in [1.82, 2.24) is 24.9 Å². The molecule has 2 heterocycles. The van der Waals surface area contributed by atoms with Crippen molar-refractivity contribution >= 4 is 39.1 Å². The molecule has 0 radical (unpaired) electrons. The van der Waals surface area contributed by atoms with E-state index in [4.69, 9.17) is 9.47 Å². The van der Waals surface area contributed by atoms with Gasteiger partial charge in [-0.1, -0.05) is 5.21 Å². The van der Waals surface area contributed by atoms with Gasteiger partial charge >= 0.3 is 12.1 Å². The van der Waals surface area contributed by atoms with E-state index in [1.165, 1.54) is 25.7 Å². The van der Waals surface area contributed by atoms with Crippen LogP contribution in [0.4, 0.5) is 4.79 Å². The third-order valence-electron chi connectivity index (χ3n) is 7.48. The number of carboxylic acid groups (broad SMARTS) is 1. The highest BCUT2D eigenvalue weighted by atomic mass is 32.1. The molecule has 204 valence electrons. The molecule has 12 heteroatoms. The maximum Gasteiger partial charge on any atom is 0.410 e. The molecule has 0 saturated heterocycles. The summed E-state index contributed by atoms with van der Waals surface area (Å²) < 4.78 is 13.3. The lowest BCUT2D eigenvalue weighted by atomic mass is 9.87. The molecule has 0 spiro atoms. The minimum absolute atomic E-state index is 0. The van der Waals surface area contributed by atoms with Crippen LogP contribution in [0.2, 0.25) is 0 Å². The highest BCUT2D eigenvalue weighted by Crippen LogP contribution is 2.47. The van der Waals surface area contributed by atoms with E-state index >= 15 is 0 Å². The molecule has 0 aliphatic heterocycles. The van der Waals surface area contributed by atoms with Crippen LogP contribution >= 0.6 is 27.0 Å². The number of carboxylic acids is 1. The van der Waals surface area contributed by atoms with Crippen LogP contribution in [0.5, 0.6) is 5.75 Å². The molecule has 2 aromatic heterocycles. The Morgan fingerprint density at radius 2 is 1.84 bits per heavy atom. The number of rotatable bonds is 9. The third kappa shape index (κ3) is 6.90. The normalized spacial score (nSPS) is 20.9. The van der Waals surface area contributed by atoms with E-state index in [-0.39, 0.29) is 57.8 Å². The van der Waals surface area contributed by atoms with Crippen molar-refractivity contribution in [2.24, 2.45) is 24.8 Å². The molecule has 0 aromatic carbocycles. The van der Waals surface area contributed by atoms with Crippen molar-refractivity contribution in [2.45, 2.75) is 70.1 Å². The first-order valence-corrected chi connectivity index (χ1v) is 12.5. The van der Waals surface area contributed by atoms with E-state index in [1.54, 1.807) is 35.0 Å². The average molecular weight is 552 g/mol. The Bertz CT molecular complexity index is 1060. The number of aromatic nitrogens is 4. The lowest BCUT2D eigenvalue weighted by Gasteiger charge is -2.27. The van der Waals surface area contributed by atoms with Crippen molar-refractivity contribution in [2.75, 3.05) is 7.05 Å². The predicted octanol–water partition coefficient (Wildman–Crippen LogP) is 3.88. The highest BCUT2D eigenvalue weighted by molar-refractivity contribution is 7.59. The summed E-state index contributed by atoms with van der Waals surface area (Å²) in [6, 6.07) is 3.89. The first-order chi connectivity index (χ1) is 16.9. The standard InChI is InChI=1S/C25H33N5O5.2H2S/c1-29(23(15-6-7-15)16-8-9-16)25(33)34-14-21-22(27-28-30(21)2)20-11-10-19(13-26-20)35-18-5-3-4-17(12-18)24(31)32;;/h10-11,13,15-18,23H,3-9,12,14H2,1-2H3,(H,31,32);2*1H2/t17-,18-;;/m0../s1. The van der Waals surface area contributed by atoms with Crippen LogP contribution in [0.15, 0.2) is 18.3 Å². The third-order valence-corrected chi connectivity index (χ3v) is 7.48. The van der Waals surface area contributed by atoms with E-state index in [1.807, 2.05) is 7.05 Å². The van der Waals surface area contributed by atoms with Crippen LogP contribution in [0.3, 0.4) is 0 Å². The monoisotopic (exact) mass is 551 g/mol. The second kappa shape index (κ2) is 12.4. The molecule has 3 fully saturated rings. The van der Waals surface area contributed by atoms with Gasteiger partial charge in [0.25, 0.3) is 0 Å². The number of carbonyl (C=O) groups is 2. The Kier molecular flexibility index (Phi) is 9.74. The summed E-state index contributed by atoms with van der Waals surface area (Å²) in [5.41, 5.74) is 1.82. The number of nitrogens with zero attached hydrogens (tertiary/aromatic N) is 5. The number of hydrogen-bond acceptors (Lipinski definition) is 7.